The van der Waals surface area contributed by atoms with E-state index in [9.17, 15) is 4.79 Å². The van der Waals surface area contributed by atoms with E-state index < -0.39 is 0 Å². The molecule has 33 heavy (non-hydrogen) atoms. The van der Waals surface area contributed by atoms with Gasteiger partial charge in [0.25, 0.3) is 0 Å². The Bertz CT molecular complexity index is 1020. The zero-order valence-electron chi connectivity index (χ0n) is 19.2. The highest BCUT2D eigenvalue weighted by Gasteiger charge is 2.37. The van der Waals surface area contributed by atoms with Crippen molar-refractivity contribution in [2.45, 2.75) is 25.4 Å². The normalized spacial score (nSPS) is 21.9. The molecule has 2 aliphatic heterocycles. The molecule has 3 aromatic carbocycles. The van der Waals surface area contributed by atoms with Crippen molar-refractivity contribution in [3.05, 3.63) is 102 Å². The smallest absolute Gasteiger partial charge is 0.223 e. The van der Waals surface area contributed by atoms with Gasteiger partial charge in [-0.05, 0) is 35.6 Å². The first kappa shape index (κ1) is 21.7. The van der Waals surface area contributed by atoms with Gasteiger partial charge < -0.3 is 9.80 Å². The minimum absolute atomic E-state index is 0.125. The van der Waals surface area contributed by atoms with E-state index in [1.807, 2.05) is 6.07 Å². The number of piperazine rings is 1. The molecule has 0 aromatic heterocycles. The third-order valence-electron chi connectivity index (χ3n) is 7.15. The summed E-state index contributed by atoms with van der Waals surface area (Å²) in [5.74, 6) is 0.718. The van der Waals surface area contributed by atoms with E-state index in [2.05, 4.69) is 99.6 Å². The van der Waals surface area contributed by atoms with Gasteiger partial charge in [-0.25, -0.2) is 0 Å². The number of carbonyl (C=O) groups excluding carboxylic acids is 1. The van der Waals surface area contributed by atoms with Gasteiger partial charge >= 0.3 is 0 Å². The lowest BCUT2D eigenvalue weighted by Crippen LogP contribution is -2.51. The third kappa shape index (κ3) is 5.12. The molecule has 4 nitrogen and oxygen atoms in total. The van der Waals surface area contributed by atoms with Gasteiger partial charge in [0, 0.05) is 51.4 Å². The Morgan fingerprint density at radius 1 is 0.727 bits per heavy atom. The van der Waals surface area contributed by atoms with Gasteiger partial charge in [-0.3, -0.25) is 9.69 Å². The van der Waals surface area contributed by atoms with Crippen molar-refractivity contribution < 1.29 is 4.79 Å². The molecule has 0 spiro atoms. The van der Waals surface area contributed by atoms with Gasteiger partial charge in [0.1, 0.15) is 0 Å². The average molecular weight is 440 g/mol. The van der Waals surface area contributed by atoms with Crippen LogP contribution in [0.4, 0.5) is 5.69 Å². The molecule has 0 bridgehead atoms. The second-order valence-electron chi connectivity index (χ2n) is 9.28. The highest BCUT2D eigenvalue weighted by Crippen LogP contribution is 2.38. The van der Waals surface area contributed by atoms with Crippen LogP contribution >= 0.6 is 0 Å². The van der Waals surface area contributed by atoms with Crippen LogP contribution < -0.4 is 4.90 Å². The predicted molar refractivity (Wildman–Crippen MR) is 134 cm³/mol. The van der Waals surface area contributed by atoms with Crippen LogP contribution in [0.25, 0.3) is 0 Å². The Kier molecular flexibility index (Phi) is 6.73. The van der Waals surface area contributed by atoms with Gasteiger partial charge in [0.15, 0.2) is 0 Å². The minimum Gasteiger partial charge on any atom is -0.369 e. The molecule has 0 N–H and O–H groups in total. The lowest BCUT2D eigenvalue weighted by atomic mass is 9.83. The minimum atomic E-state index is 0.125. The summed E-state index contributed by atoms with van der Waals surface area (Å²) in [4.78, 5) is 20.4. The Labute approximate surface area is 197 Å². The van der Waals surface area contributed by atoms with Crippen molar-refractivity contribution in [2.75, 3.05) is 37.6 Å². The molecule has 1 amide bonds. The molecule has 0 unspecified atom stereocenters. The van der Waals surface area contributed by atoms with E-state index in [1.54, 1.807) is 0 Å². The predicted octanol–water partition coefficient (Wildman–Crippen LogP) is 4.99. The highest BCUT2D eigenvalue weighted by atomic mass is 16.2. The molecule has 2 saturated heterocycles. The van der Waals surface area contributed by atoms with E-state index in [-0.39, 0.29) is 11.9 Å². The van der Waals surface area contributed by atoms with Crippen molar-refractivity contribution in [1.29, 1.82) is 0 Å². The van der Waals surface area contributed by atoms with Crippen LogP contribution in [0, 0.1) is 5.92 Å². The van der Waals surface area contributed by atoms with Crippen LogP contribution in [-0.2, 0) is 11.3 Å². The number of para-hydroxylation sites is 1. The molecular formula is C29H33N3O. The third-order valence-corrected chi connectivity index (χ3v) is 7.15. The monoisotopic (exact) mass is 439 g/mol. The molecule has 2 atom stereocenters. The number of anilines is 1. The molecule has 0 aliphatic carbocycles. The molecular weight excluding hydrogens is 406 g/mol. The second-order valence-corrected chi connectivity index (χ2v) is 9.28. The summed E-state index contributed by atoms with van der Waals surface area (Å²) in [7, 11) is 0. The number of nitrogens with zero attached hydrogens (tertiary/aromatic N) is 3. The zero-order valence-corrected chi connectivity index (χ0v) is 19.2. The molecule has 170 valence electrons. The maximum atomic E-state index is 13.1. The van der Waals surface area contributed by atoms with Crippen molar-refractivity contribution in [2.24, 2.45) is 5.92 Å². The van der Waals surface area contributed by atoms with Crippen molar-refractivity contribution in [3.8, 4) is 0 Å². The summed E-state index contributed by atoms with van der Waals surface area (Å²) in [6, 6.07) is 31.9. The SMILES string of the molecule is O=C1CC[C@@H](CN2CCN(c3ccccc3)CC2)[C@H](c2ccccc2)N1Cc1ccccc1. The summed E-state index contributed by atoms with van der Waals surface area (Å²) >= 11 is 0. The van der Waals surface area contributed by atoms with Crippen molar-refractivity contribution in [3.63, 3.8) is 0 Å². The van der Waals surface area contributed by atoms with Crippen LogP contribution in [0.2, 0.25) is 0 Å². The number of likely N-dealkylation sites (tertiary alicyclic amines) is 1. The zero-order chi connectivity index (χ0) is 22.5. The van der Waals surface area contributed by atoms with E-state index in [1.165, 1.54) is 16.8 Å². The molecule has 5 rings (SSSR count). The quantitative estimate of drug-likeness (QED) is 0.541. The molecule has 0 radical (unpaired) electrons. The Morgan fingerprint density at radius 2 is 1.33 bits per heavy atom. The number of hydrogen-bond acceptors (Lipinski definition) is 3. The summed E-state index contributed by atoms with van der Waals surface area (Å²) in [6.07, 6.45) is 1.60. The second kappa shape index (κ2) is 10.2. The molecule has 0 saturated carbocycles. The summed E-state index contributed by atoms with van der Waals surface area (Å²) in [5.41, 5.74) is 3.77. The summed E-state index contributed by atoms with van der Waals surface area (Å²) in [5, 5.41) is 0. The number of piperidine rings is 1. The van der Waals surface area contributed by atoms with Crippen LogP contribution in [-0.4, -0.2) is 48.4 Å². The van der Waals surface area contributed by atoms with Crippen LogP contribution in [0.15, 0.2) is 91.0 Å². The van der Waals surface area contributed by atoms with Gasteiger partial charge in [-0.15, -0.1) is 0 Å². The maximum absolute atomic E-state index is 13.1. The molecule has 2 heterocycles. The van der Waals surface area contributed by atoms with Crippen LogP contribution in [0.5, 0.6) is 0 Å². The fourth-order valence-electron chi connectivity index (χ4n) is 5.44. The summed E-state index contributed by atoms with van der Waals surface area (Å²) in [6.45, 7) is 5.97. The highest BCUT2D eigenvalue weighted by molar-refractivity contribution is 5.77. The number of amides is 1. The van der Waals surface area contributed by atoms with Gasteiger partial charge in [-0.1, -0.05) is 78.9 Å². The molecule has 3 aromatic rings. The first-order valence-corrected chi connectivity index (χ1v) is 12.2. The standard InChI is InChI=1S/C29H33N3O/c33-28-17-16-26(23-30-18-20-31(21-19-30)27-14-8-3-9-15-27)29(25-12-6-2-7-13-25)32(28)22-24-10-4-1-5-11-24/h1-15,26,29H,16-23H2/t26-,29-/m0/s1. The fraction of sp³-hybridized carbons (Fsp3) is 0.345. The van der Waals surface area contributed by atoms with Crippen LogP contribution in [0.3, 0.4) is 0 Å². The number of hydrogen-bond donors (Lipinski definition) is 0. The van der Waals surface area contributed by atoms with Crippen molar-refractivity contribution in [1.82, 2.24) is 9.80 Å². The first-order chi connectivity index (χ1) is 16.3. The van der Waals surface area contributed by atoms with E-state index >= 15 is 0 Å². The van der Waals surface area contributed by atoms with Gasteiger partial charge in [0.2, 0.25) is 5.91 Å². The lowest BCUT2D eigenvalue weighted by Gasteiger charge is -2.45. The molecule has 2 fully saturated rings. The molecule has 4 heteroatoms. The maximum Gasteiger partial charge on any atom is 0.223 e. The Balaban J connectivity index is 1.32. The number of rotatable bonds is 6. The van der Waals surface area contributed by atoms with Crippen LogP contribution in [0.1, 0.15) is 30.0 Å². The van der Waals surface area contributed by atoms with E-state index in [0.29, 0.717) is 18.9 Å². The Hall–Kier alpha value is -3.11. The van der Waals surface area contributed by atoms with E-state index in [0.717, 1.165) is 39.1 Å². The summed E-state index contributed by atoms with van der Waals surface area (Å²) < 4.78 is 0. The molecule has 2 aliphatic rings. The number of carbonyl (C=O) groups is 1. The first-order valence-electron chi connectivity index (χ1n) is 12.2. The Morgan fingerprint density at radius 3 is 2.00 bits per heavy atom. The van der Waals surface area contributed by atoms with Crippen molar-refractivity contribution >= 4 is 11.6 Å². The number of benzene rings is 3. The van der Waals surface area contributed by atoms with Gasteiger partial charge in [0.05, 0.1) is 6.04 Å². The largest absolute Gasteiger partial charge is 0.369 e. The topological polar surface area (TPSA) is 26.8 Å². The van der Waals surface area contributed by atoms with E-state index in [4.69, 9.17) is 0 Å². The van der Waals surface area contributed by atoms with Gasteiger partial charge in [-0.2, -0.15) is 0 Å². The lowest BCUT2D eigenvalue weighted by molar-refractivity contribution is -0.140. The average Bonchev–Trinajstić information content (AvgIpc) is 2.88. The fourth-order valence-corrected chi connectivity index (χ4v) is 5.44.